The maximum absolute atomic E-state index is 12.4. The molecule has 0 bridgehead atoms. The molecule has 0 radical (unpaired) electrons. The first kappa shape index (κ1) is 15.8. The molecule has 0 fully saturated rings. The van der Waals surface area contributed by atoms with E-state index >= 15 is 0 Å². The second-order valence-electron chi connectivity index (χ2n) is 4.68. The zero-order valence-electron chi connectivity index (χ0n) is 11.5. The van der Waals surface area contributed by atoms with Crippen LogP contribution in [-0.2, 0) is 0 Å². The zero-order chi connectivity index (χ0) is 15.3. The van der Waals surface area contributed by atoms with Gasteiger partial charge in [-0.25, -0.2) is 0 Å². The molecule has 0 aromatic heterocycles. The average Bonchev–Trinajstić information content (AvgIpc) is 2.46. The number of nitrogens with one attached hydrogen (secondary N) is 1. The molecule has 5 heteroatoms. The molecule has 0 amide bonds. The Morgan fingerprint density at radius 3 is 2.29 bits per heavy atom. The summed E-state index contributed by atoms with van der Waals surface area (Å²) >= 11 is 0.804. The van der Waals surface area contributed by atoms with Crippen LogP contribution in [0.5, 0.6) is 0 Å². The minimum absolute atomic E-state index is 0.0267. The number of thioether (sulfide) groups is 1. The van der Waals surface area contributed by atoms with Gasteiger partial charge in [0.2, 0.25) is 0 Å². The highest BCUT2D eigenvalue weighted by molar-refractivity contribution is 7.99. The molecule has 0 saturated carbocycles. The summed E-state index contributed by atoms with van der Waals surface area (Å²) in [4.78, 5) is 0.609. The summed E-state index contributed by atoms with van der Waals surface area (Å²) in [6.07, 6.45) is -4.16. The average molecular weight is 311 g/mol. The standard InChI is InChI=1S/C16H16F3NS/c1-12(13-7-3-2-4-8-13)20-14-9-5-6-10-15(14)21-11-16(17,18)19/h2-10,12,20H,11H2,1H3. The molecule has 0 spiro atoms. The molecule has 2 aromatic rings. The summed E-state index contributed by atoms with van der Waals surface area (Å²) < 4.78 is 37.1. The van der Waals surface area contributed by atoms with E-state index in [0.29, 0.717) is 4.90 Å². The Labute approximate surface area is 126 Å². The largest absolute Gasteiger partial charge is 0.398 e. The molecule has 0 saturated heterocycles. The van der Waals surface area contributed by atoms with E-state index in [-0.39, 0.29) is 6.04 Å². The Balaban J connectivity index is 2.09. The first-order valence-electron chi connectivity index (χ1n) is 6.56. The molecule has 112 valence electrons. The van der Waals surface area contributed by atoms with Crippen LogP contribution in [0.25, 0.3) is 0 Å². The fraction of sp³-hybridized carbons (Fsp3) is 0.250. The van der Waals surface area contributed by atoms with Gasteiger partial charge < -0.3 is 5.32 Å². The van der Waals surface area contributed by atoms with Crippen molar-refractivity contribution in [2.45, 2.75) is 24.0 Å². The molecular weight excluding hydrogens is 295 g/mol. The Bertz CT molecular complexity index is 569. The molecule has 1 nitrogen and oxygen atoms in total. The fourth-order valence-corrected chi connectivity index (χ4v) is 2.71. The molecule has 1 N–H and O–H groups in total. The zero-order valence-corrected chi connectivity index (χ0v) is 12.3. The lowest BCUT2D eigenvalue weighted by molar-refractivity contribution is -0.105. The molecule has 0 aliphatic rings. The van der Waals surface area contributed by atoms with E-state index in [4.69, 9.17) is 0 Å². The predicted octanol–water partition coefficient (Wildman–Crippen LogP) is 5.51. The van der Waals surface area contributed by atoms with Gasteiger partial charge in [0.15, 0.2) is 0 Å². The highest BCUT2D eigenvalue weighted by Crippen LogP contribution is 2.33. The second kappa shape index (κ2) is 6.89. The molecule has 0 aliphatic carbocycles. The normalized spacial score (nSPS) is 13.0. The van der Waals surface area contributed by atoms with Crippen molar-refractivity contribution in [1.82, 2.24) is 0 Å². The minimum atomic E-state index is -4.16. The van der Waals surface area contributed by atoms with Gasteiger partial charge in [-0.05, 0) is 24.6 Å². The lowest BCUT2D eigenvalue weighted by Crippen LogP contribution is -2.11. The second-order valence-corrected chi connectivity index (χ2v) is 5.69. The van der Waals surface area contributed by atoms with Crippen LogP contribution in [-0.4, -0.2) is 11.9 Å². The highest BCUT2D eigenvalue weighted by Gasteiger charge is 2.27. The molecule has 0 heterocycles. The first-order valence-corrected chi connectivity index (χ1v) is 7.54. The van der Waals surface area contributed by atoms with Gasteiger partial charge in [0.05, 0.1) is 5.75 Å². The van der Waals surface area contributed by atoms with E-state index in [0.717, 1.165) is 23.0 Å². The van der Waals surface area contributed by atoms with Crippen LogP contribution in [0.3, 0.4) is 0 Å². The molecule has 2 aromatic carbocycles. The maximum atomic E-state index is 12.4. The molecular formula is C16H16F3NS. The number of hydrogen-bond acceptors (Lipinski definition) is 2. The van der Waals surface area contributed by atoms with Gasteiger partial charge in [-0.2, -0.15) is 13.2 Å². The molecule has 1 atom stereocenters. The van der Waals surface area contributed by atoms with E-state index in [1.54, 1.807) is 18.2 Å². The molecule has 0 aliphatic heterocycles. The van der Waals surface area contributed by atoms with Crippen LogP contribution in [0, 0.1) is 0 Å². The van der Waals surface area contributed by atoms with E-state index in [2.05, 4.69) is 5.32 Å². The summed E-state index contributed by atoms with van der Waals surface area (Å²) in [7, 11) is 0. The lowest BCUT2D eigenvalue weighted by Gasteiger charge is -2.18. The number of rotatable bonds is 5. The van der Waals surface area contributed by atoms with E-state index in [1.807, 2.05) is 43.3 Å². The third kappa shape index (κ3) is 5.01. The van der Waals surface area contributed by atoms with Gasteiger partial charge in [0.1, 0.15) is 0 Å². The van der Waals surface area contributed by atoms with Crippen LogP contribution >= 0.6 is 11.8 Å². The van der Waals surface area contributed by atoms with E-state index in [1.165, 1.54) is 0 Å². The summed E-state index contributed by atoms with van der Waals surface area (Å²) in [5.74, 6) is -0.884. The number of halogens is 3. The number of para-hydroxylation sites is 1. The van der Waals surface area contributed by atoms with Gasteiger partial charge in [-0.3, -0.25) is 0 Å². The van der Waals surface area contributed by atoms with Crippen molar-refractivity contribution < 1.29 is 13.2 Å². The van der Waals surface area contributed by atoms with Crippen molar-refractivity contribution in [3.05, 3.63) is 60.2 Å². The summed E-state index contributed by atoms with van der Waals surface area (Å²) in [6, 6.07) is 16.9. The maximum Gasteiger partial charge on any atom is 0.398 e. The first-order chi connectivity index (χ1) is 9.96. The fourth-order valence-electron chi connectivity index (χ4n) is 1.93. The van der Waals surface area contributed by atoms with Crippen molar-refractivity contribution in [3.63, 3.8) is 0 Å². The van der Waals surface area contributed by atoms with Crippen LogP contribution in [0.2, 0.25) is 0 Å². The third-order valence-corrected chi connectivity index (χ3v) is 4.09. The van der Waals surface area contributed by atoms with Crippen LogP contribution < -0.4 is 5.32 Å². The molecule has 2 rings (SSSR count). The number of hydrogen-bond donors (Lipinski definition) is 1. The third-order valence-electron chi connectivity index (χ3n) is 2.95. The van der Waals surface area contributed by atoms with E-state index < -0.39 is 11.9 Å². The van der Waals surface area contributed by atoms with Crippen LogP contribution in [0.15, 0.2) is 59.5 Å². The van der Waals surface area contributed by atoms with Crippen molar-refractivity contribution in [3.8, 4) is 0 Å². The number of anilines is 1. The Kier molecular flexibility index (Phi) is 5.17. The number of alkyl halides is 3. The summed E-state index contributed by atoms with van der Waals surface area (Å²) in [5, 5.41) is 3.27. The van der Waals surface area contributed by atoms with Crippen molar-refractivity contribution in [2.75, 3.05) is 11.1 Å². The van der Waals surface area contributed by atoms with Gasteiger partial charge in [-0.15, -0.1) is 11.8 Å². The smallest absolute Gasteiger partial charge is 0.378 e. The topological polar surface area (TPSA) is 12.0 Å². The van der Waals surface area contributed by atoms with Crippen molar-refractivity contribution >= 4 is 17.4 Å². The quantitative estimate of drug-likeness (QED) is 0.730. The van der Waals surface area contributed by atoms with E-state index in [9.17, 15) is 13.2 Å². The molecule has 1 unspecified atom stereocenters. The van der Waals surface area contributed by atoms with Gasteiger partial charge in [-0.1, -0.05) is 42.5 Å². The van der Waals surface area contributed by atoms with Crippen molar-refractivity contribution in [2.24, 2.45) is 0 Å². The Morgan fingerprint density at radius 1 is 1.00 bits per heavy atom. The Morgan fingerprint density at radius 2 is 1.62 bits per heavy atom. The summed E-state index contributed by atoms with van der Waals surface area (Å²) in [5.41, 5.74) is 1.82. The summed E-state index contributed by atoms with van der Waals surface area (Å²) in [6.45, 7) is 1.99. The monoisotopic (exact) mass is 311 g/mol. The minimum Gasteiger partial charge on any atom is -0.378 e. The van der Waals surface area contributed by atoms with Crippen molar-refractivity contribution in [1.29, 1.82) is 0 Å². The van der Waals surface area contributed by atoms with Gasteiger partial charge >= 0.3 is 6.18 Å². The van der Waals surface area contributed by atoms with Gasteiger partial charge in [0.25, 0.3) is 0 Å². The number of benzene rings is 2. The Hall–Kier alpha value is -1.62. The van der Waals surface area contributed by atoms with Crippen LogP contribution in [0.4, 0.5) is 18.9 Å². The lowest BCUT2D eigenvalue weighted by atomic mass is 10.1. The van der Waals surface area contributed by atoms with Gasteiger partial charge in [0, 0.05) is 16.6 Å². The molecule has 21 heavy (non-hydrogen) atoms. The SMILES string of the molecule is CC(Nc1ccccc1SCC(F)(F)F)c1ccccc1. The van der Waals surface area contributed by atoms with Crippen LogP contribution in [0.1, 0.15) is 18.5 Å². The highest BCUT2D eigenvalue weighted by atomic mass is 32.2. The predicted molar refractivity (Wildman–Crippen MR) is 81.7 cm³/mol.